The van der Waals surface area contributed by atoms with Crippen molar-refractivity contribution < 1.29 is 50.1 Å². The van der Waals surface area contributed by atoms with Crippen molar-refractivity contribution in [2.45, 2.75) is 0 Å². The van der Waals surface area contributed by atoms with Gasteiger partial charge < -0.3 is 12.1 Å². The number of nitrogens with one attached hydrogen (secondary N) is 1. The van der Waals surface area contributed by atoms with Crippen LogP contribution in [0.2, 0.25) is 0 Å². The van der Waals surface area contributed by atoms with E-state index in [1.807, 2.05) is 0 Å². The van der Waals surface area contributed by atoms with Gasteiger partial charge in [0.05, 0.1) is 0 Å². The van der Waals surface area contributed by atoms with Gasteiger partial charge in [-0.25, -0.2) is 8.42 Å². The molecule has 0 spiro atoms. The van der Waals surface area contributed by atoms with Gasteiger partial charge in [-0.3, -0.25) is 9.52 Å². The molecule has 0 unspecified atom stereocenters. The molecule has 0 bridgehead atoms. The molecule has 1 N–H and O–H groups in total. The molecule has 0 aliphatic carbocycles. The molecule has 1 amide bonds. The number of hydrogen-bond acceptors (Lipinski definition) is 3. The third-order valence-corrected chi connectivity index (χ3v) is 1.58. The Bertz CT molecular complexity index is 212. The molecule has 0 aromatic heterocycles. The minimum absolute atomic E-state index is 0. The van der Waals surface area contributed by atoms with Crippen LogP contribution in [0.4, 0.5) is 0 Å². The van der Waals surface area contributed by atoms with E-state index in [1.165, 1.54) is 0 Å². The van der Waals surface area contributed by atoms with Crippen molar-refractivity contribution in [3.8, 4) is 0 Å². The van der Waals surface area contributed by atoms with Crippen molar-refractivity contribution in [2.75, 3.05) is 6.54 Å². The third kappa shape index (κ3) is 3.70. The molecule has 1 aliphatic heterocycles. The first-order valence-corrected chi connectivity index (χ1v) is 3.28. The number of hydrogen-bond donors (Lipinski definition) is 1. The Balaban J connectivity index is 0. The maximum atomic E-state index is 10.1. The summed E-state index contributed by atoms with van der Waals surface area (Å²) in [6.07, 6.45) is 0. The topological polar surface area (TPSA) is 77.3 Å². The van der Waals surface area contributed by atoms with Crippen LogP contribution in [0, 0.1) is 44.3 Å². The van der Waals surface area contributed by atoms with Crippen LogP contribution in [0.15, 0.2) is 0 Å². The van der Waals surface area contributed by atoms with E-state index < -0.39 is 16.1 Å². The molecule has 7 heteroatoms. The van der Waals surface area contributed by atoms with Gasteiger partial charge in [-0.2, -0.15) is 0 Å². The molecule has 1 aliphatic rings. The van der Waals surface area contributed by atoms with Gasteiger partial charge in [-0.15, -0.1) is 0 Å². The first-order valence-electron chi connectivity index (χ1n) is 1.84. The van der Waals surface area contributed by atoms with Crippen LogP contribution in [0.5, 0.6) is 0 Å². The molecule has 1 fully saturated rings. The number of carbonyl (C=O) groups excluding carboxylic acids is 1. The van der Waals surface area contributed by atoms with Crippen LogP contribution in [0.25, 0.3) is 4.72 Å². The zero-order valence-corrected chi connectivity index (χ0v) is 7.66. The monoisotopic (exact) mass is 319 g/mol. The molecule has 1 radical (unpaired) electrons. The fourth-order valence-electron chi connectivity index (χ4n) is 0.352. The van der Waals surface area contributed by atoms with Gasteiger partial charge >= 0.3 is 0 Å². The van der Waals surface area contributed by atoms with Gasteiger partial charge in [-0.05, 0) is 0 Å². The maximum absolute atomic E-state index is 10.1. The molecule has 1 rings (SSSR count). The predicted octanol–water partition coefficient (Wildman–Crippen LogP) is -0.815. The largest absolute Gasteiger partial charge is 0.523 e. The van der Waals surface area contributed by atoms with E-state index in [0.29, 0.717) is 0 Å². The first kappa shape index (κ1) is 13.2. The Morgan fingerprint density at radius 1 is 1.50 bits per heavy atom. The van der Waals surface area contributed by atoms with Crippen LogP contribution >= 0.6 is 0 Å². The fraction of sp³-hybridized carbons (Fsp3) is 0.333. The van der Waals surface area contributed by atoms with Gasteiger partial charge in [0.2, 0.25) is 5.91 Å². The van der Waals surface area contributed by atoms with E-state index in [4.69, 9.17) is 0 Å². The summed E-state index contributed by atoms with van der Waals surface area (Å²) in [6, 6.07) is 0. The summed E-state index contributed by atoms with van der Waals surface area (Å²) in [5.41, 5.74) is 0. The summed E-state index contributed by atoms with van der Waals surface area (Å²) in [5, 5.41) is 0. The molecule has 10 heavy (non-hydrogen) atoms. The van der Waals surface area contributed by atoms with E-state index in [1.54, 1.807) is 4.72 Å². The average Bonchev–Trinajstić information content (AvgIpc) is 1.82. The summed E-state index contributed by atoms with van der Waals surface area (Å²) >= 11 is 0. The zero-order valence-electron chi connectivity index (χ0n) is 5.06. The maximum Gasteiger partial charge on any atom is 0.212 e. The van der Waals surface area contributed by atoms with Crippen molar-refractivity contribution in [2.24, 2.45) is 0 Å². The van der Waals surface area contributed by atoms with E-state index in [9.17, 15) is 13.2 Å². The fourth-order valence-corrected chi connectivity index (χ4v) is 1.06. The van der Waals surface area contributed by atoms with Crippen LogP contribution in [-0.2, 0) is 15.0 Å². The average molecular weight is 319 g/mol. The Hall–Kier alpha value is 0.614. The van der Waals surface area contributed by atoms with Crippen LogP contribution < -0.4 is 4.72 Å². The van der Waals surface area contributed by atoms with E-state index in [0.717, 1.165) is 0 Å². The summed E-state index contributed by atoms with van der Waals surface area (Å²) in [7, 11) is -3.57. The standard InChI is InChI=1S/C2H3N2O3S.CH3.Tm/c5-2-1-3-8(6,7)4-2;;/h1H2,(H,4,5);1H3;/q2*-1;. The number of carbonyl (C=O) groups is 1. The quantitative estimate of drug-likeness (QED) is 0.593. The number of amides is 1. The zero-order chi connectivity index (χ0) is 6.20. The number of rotatable bonds is 0. The van der Waals surface area contributed by atoms with E-state index >= 15 is 0 Å². The summed E-state index contributed by atoms with van der Waals surface area (Å²) in [5.74, 6) is -0.565. The second-order valence-corrected chi connectivity index (χ2v) is 2.70. The Labute approximate surface area is 88.9 Å². The van der Waals surface area contributed by atoms with Crippen molar-refractivity contribution >= 4 is 16.1 Å². The van der Waals surface area contributed by atoms with Gasteiger partial charge in [-0.1, -0.05) is 6.54 Å². The van der Waals surface area contributed by atoms with Gasteiger partial charge in [0, 0.05) is 36.9 Å². The van der Waals surface area contributed by atoms with E-state index in [2.05, 4.69) is 4.72 Å². The minimum atomic E-state index is -3.57. The molecule has 1 saturated heterocycles. The Kier molecular flexibility index (Phi) is 5.93. The second-order valence-electron chi connectivity index (χ2n) is 1.29. The molecule has 0 aromatic carbocycles. The van der Waals surface area contributed by atoms with Gasteiger partial charge in [0.15, 0.2) is 10.2 Å². The van der Waals surface area contributed by atoms with Gasteiger partial charge in [0.25, 0.3) is 0 Å². The molecular formula is C3H6N2O3STm-2. The second kappa shape index (κ2) is 4.48. The number of nitrogens with zero attached hydrogens (tertiary/aromatic N) is 1. The predicted molar refractivity (Wildman–Crippen MR) is 31.7 cm³/mol. The van der Waals surface area contributed by atoms with Crippen molar-refractivity contribution in [1.82, 2.24) is 4.72 Å². The molecular weight excluding hydrogens is 313 g/mol. The van der Waals surface area contributed by atoms with Crippen molar-refractivity contribution in [3.05, 3.63) is 12.1 Å². The summed E-state index contributed by atoms with van der Waals surface area (Å²) in [4.78, 5) is 10.1. The molecule has 1 heterocycles. The molecule has 0 atom stereocenters. The minimum Gasteiger partial charge on any atom is -0.523 e. The first-order chi connectivity index (χ1) is 3.60. The van der Waals surface area contributed by atoms with Crippen molar-refractivity contribution in [3.63, 3.8) is 0 Å². The summed E-state index contributed by atoms with van der Waals surface area (Å²) < 4.78 is 24.9. The molecule has 0 saturated carbocycles. The smallest absolute Gasteiger partial charge is 0.212 e. The molecule has 67 valence electrons. The van der Waals surface area contributed by atoms with Crippen LogP contribution in [0.3, 0.4) is 0 Å². The molecule has 0 aromatic rings. The van der Waals surface area contributed by atoms with Gasteiger partial charge in [0.1, 0.15) is 0 Å². The Morgan fingerprint density at radius 2 is 2.00 bits per heavy atom. The van der Waals surface area contributed by atoms with Crippen LogP contribution in [0.1, 0.15) is 0 Å². The SMILES string of the molecule is O=C1C[N-]S(=O)(=O)N1.[CH3-].[Tm]. The third-order valence-electron chi connectivity index (χ3n) is 0.621. The van der Waals surface area contributed by atoms with Crippen LogP contribution in [-0.4, -0.2) is 20.9 Å². The van der Waals surface area contributed by atoms with E-state index in [-0.39, 0.29) is 50.8 Å². The Morgan fingerprint density at radius 3 is 2.10 bits per heavy atom. The summed E-state index contributed by atoms with van der Waals surface area (Å²) in [6.45, 7) is -0.262. The normalized spacial score (nSPS) is 20.2. The molecule has 5 nitrogen and oxygen atoms in total. The van der Waals surface area contributed by atoms with Crippen molar-refractivity contribution in [1.29, 1.82) is 0 Å².